The zero-order valence-electron chi connectivity index (χ0n) is 14.5. The molecule has 5 nitrogen and oxygen atoms in total. The molecule has 0 saturated heterocycles. The minimum Gasteiger partial charge on any atom is -0.548 e. The fourth-order valence-electron chi connectivity index (χ4n) is 2.41. The van der Waals surface area contributed by atoms with Crippen molar-refractivity contribution in [3.05, 3.63) is 0 Å². The van der Waals surface area contributed by atoms with Gasteiger partial charge in [0, 0.05) is 6.54 Å². The first kappa shape index (κ1) is 24.0. The molecule has 0 aromatic carbocycles. The third kappa shape index (κ3) is 16.1. The molecule has 0 fully saturated rings. The van der Waals surface area contributed by atoms with Crippen LogP contribution in [0.1, 0.15) is 77.6 Å². The summed E-state index contributed by atoms with van der Waals surface area (Å²) in [5.41, 5.74) is 5.33. The van der Waals surface area contributed by atoms with Gasteiger partial charge in [0.1, 0.15) is 0 Å². The Hall–Kier alpha value is -0.260. The number of carboxylic acids is 1. The quantitative estimate of drug-likeness (QED) is 0.190. The van der Waals surface area contributed by atoms with Crippen LogP contribution in [0.3, 0.4) is 0 Å². The molecule has 124 valence electrons. The molecule has 0 amide bonds. The van der Waals surface area contributed by atoms with Crippen LogP contribution in [-0.4, -0.2) is 29.9 Å². The van der Waals surface area contributed by atoms with Gasteiger partial charge in [-0.2, -0.15) is 0 Å². The first-order chi connectivity index (χ1) is 10.1. The Morgan fingerprint density at radius 1 is 0.955 bits per heavy atom. The van der Waals surface area contributed by atoms with Gasteiger partial charge in [-0.05, 0) is 6.42 Å². The van der Waals surface area contributed by atoms with Crippen LogP contribution in [0.2, 0.25) is 0 Å². The Morgan fingerprint density at radius 3 is 1.73 bits per heavy atom. The van der Waals surface area contributed by atoms with E-state index in [0.29, 0.717) is 6.54 Å². The molecule has 0 aliphatic heterocycles. The number of carbonyl (C=O) groups is 1. The number of rotatable bonds is 14. The molecule has 0 radical (unpaired) electrons. The van der Waals surface area contributed by atoms with Crippen molar-refractivity contribution in [1.82, 2.24) is 4.90 Å². The van der Waals surface area contributed by atoms with Gasteiger partial charge in [0.05, 0.1) is 12.5 Å². The SMILES string of the molecule is CCCCCCCCCCCCCN(CC(=O)[O-])C(=N)N.[Na+]. The molecular formula is C16H32N3NaO2. The second-order valence-electron chi connectivity index (χ2n) is 5.71. The molecule has 0 heterocycles. The van der Waals surface area contributed by atoms with Crippen LogP contribution in [0.15, 0.2) is 0 Å². The third-order valence-electron chi connectivity index (χ3n) is 3.69. The van der Waals surface area contributed by atoms with Crippen molar-refractivity contribution >= 4 is 11.9 Å². The van der Waals surface area contributed by atoms with Crippen molar-refractivity contribution in [2.75, 3.05) is 13.1 Å². The maximum Gasteiger partial charge on any atom is 1.00 e. The first-order valence-corrected chi connectivity index (χ1v) is 8.36. The van der Waals surface area contributed by atoms with Gasteiger partial charge in [-0.3, -0.25) is 5.41 Å². The maximum absolute atomic E-state index is 10.5. The van der Waals surface area contributed by atoms with Crippen LogP contribution < -0.4 is 40.4 Å². The minimum absolute atomic E-state index is 0. The van der Waals surface area contributed by atoms with Crippen LogP contribution in [-0.2, 0) is 4.79 Å². The standard InChI is InChI=1S/C16H33N3O2.Na/c1-2-3-4-5-6-7-8-9-10-11-12-13-19(16(17)18)14-15(20)21;/h2-14H2,1H3,(H3,17,18)(H,20,21);/q;+1/p-1. The molecule has 0 aromatic heterocycles. The monoisotopic (exact) mass is 321 g/mol. The van der Waals surface area contributed by atoms with E-state index in [-0.39, 0.29) is 42.1 Å². The van der Waals surface area contributed by atoms with Gasteiger partial charge in [0.2, 0.25) is 0 Å². The van der Waals surface area contributed by atoms with Gasteiger partial charge in [-0.15, -0.1) is 0 Å². The molecule has 0 aromatic rings. The zero-order chi connectivity index (χ0) is 15.9. The largest absolute Gasteiger partial charge is 1.00 e. The van der Waals surface area contributed by atoms with Crippen LogP contribution >= 0.6 is 0 Å². The van der Waals surface area contributed by atoms with Crippen molar-refractivity contribution in [1.29, 1.82) is 5.41 Å². The zero-order valence-corrected chi connectivity index (χ0v) is 16.5. The van der Waals surface area contributed by atoms with E-state index in [4.69, 9.17) is 11.1 Å². The van der Waals surface area contributed by atoms with Crippen molar-refractivity contribution in [2.45, 2.75) is 77.6 Å². The summed E-state index contributed by atoms with van der Waals surface area (Å²) in [7, 11) is 0. The normalized spacial score (nSPS) is 10.0. The number of nitrogens with zero attached hydrogens (tertiary/aromatic N) is 1. The van der Waals surface area contributed by atoms with Crippen molar-refractivity contribution in [2.24, 2.45) is 5.73 Å². The summed E-state index contributed by atoms with van der Waals surface area (Å²) in [6.07, 6.45) is 13.7. The molecular weight excluding hydrogens is 289 g/mol. The van der Waals surface area contributed by atoms with Gasteiger partial charge in [-0.25, -0.2) is 0 Å². The molecule has 3 N–H and O–H groups in total. The number of unbranched alkanes of at least 4 members (excludes halogenated alkanes) is 10. The fourth-order valence-corrected chi connectivity index (χ4v) is 2.41. The molecule has 0 unspecified atom stereocenters. The minimum atomic E-state index is -1.19. The van der Waals surface area contributed by atoms with E-state index >= 15 is 0 Å². The van der Waals surface area contributed by atoms with E-state index < -0.39 is 5.97 Å². The van der Waals surface area contributed by atoms with E-state index in [9.17, 15) is 9.90 Å². The summed E-state index contributed by atoms with van der Waals surface area (Å²) in [4.78, 5) is 11.9. The van der Waals surface area contributed by atoms with Crippen LogP contribution in [0.4, 0.5) is 0 Å². The summed E-state index contributed by atoms with van der Waals surface area (Å²) in [6.45, 7) is 2.48. The predicted molar refractivity (Wildman–Crippen MR) is 85.0 cm³/mol. The van der Waals surface area contributed by atoms with Crippen molar-refractivity contribution < 1.29 is 39.5 Å². The number of nitrogens with two attached hydrogens (primary N) is 1. The number of carbonyl (C=O) groups excluding carboxylic acids is 1. The smallest absolute Gasteiger partial charge is 0.548 e. The second-order valence-corrected chi connectivity index (χ2v) is 5.71. The van der Waals surface area contributed by atoms with E-state index in [1.54, 1.807) is 0 Å². The van der Waals surface area contributed by atoms with E-state index in [1.165, 1.54) is 62.7 Å². The number of carboxylic acid groups (broad SMARTS) is 1. The van der Waals surface area contributed by atoms with Gasteiger partial charge >= 0.3 is 29.6 Å². The number of guanidine groups is 1. The molecule has 0 atom stereocenters. The van der Waals surface area contributed by atoms with E-state index in [0.717, 1.165) is 12.8 Å². The van der Waals surface area contributed by atoms with Crippen LogP contribution in [0.5, 0.6) is 0 Å². The van der Waals surface area contributed by atoms with Gasteiger partial charge in [0.15, 0.2) is 5.96 Å². The number of nitrogens with one attached hydrogen (secondary N) is 1. The average Bonchev–Trinajstić information content (AvgIpc) is 2.42. The summed E-state index contributed by atoms with van der Waals surface area (Å²) >= 11 is 0. The average molecular weight is 321 g/mol. The molecule has 0 saturated carbocycles. The molecule has 0 bridgehead atoms. The van der Waals surface area contributed by atoms with Gasteiger partial charge in [-0.1, -0.05) is 71.1 Å². The maximum atomic E-state index is 10.5. The number of hydrogen-bond donors (Lipinski definition) is 2. The van der Waals surface area contributed by atoms with Crippen molar-refractivity contribution in [3.8, 4) is 0 Å². The molecule has 0 aliphatic rings. The van der Waals surface area contributed by atoms with Crippen molar-refractivity contribution in [3.63, 3.8) is 0 Å². The third-order valence-corrected chi connectivity index (χ3v) is 3.69. The molecule has 0 rings (SSSR count). The molecule has 6 heteroatoms. The van der Waals surface area contributed by atoms with E-state index in [2.05, 4.69) is 6.92 Å². The fraction of sp³-hybridized carbons (Fsp3) is 0.875. The van der Waals surface area contributed by atoms with Gasteiger partial charge in [0.25, 0.3) is 0 Å². The summed E-state index contributed by atoms with van der Waals surface area (Å²) in [5, 5.41) is 17.8. The topological polar surface area (TPSA) is 93.2 Å². The molecule has 22 heavy (non-hydrogen) atoms. The predicted octanol–water partition coefficient (Wildman–Crippen LogP) is -0.753. The summed E-state index contributed by atoms with van der Waals surface area (Å²) in [6, 6.07) is 0. The number of aliphatic carboxylic acids is 1. The Morgan fingerprint density at radius 2 is 1.36 bits per heavy atom. The Kier molecular flexibility index (Phi) is 18.7. The Labute approximate surface area is 157 Å². The van der Waals surface area contributed by atoms with Gasteiger partial charge < -0.3 is 20.5 Å². The Balaban J connectivity index is 0. The second kappa shape index (κ2) is 17.1. The Bertz CT molecular complexity index is 289. The summed E-state index contributed by atoms with van der Waals surface area (Å²) < 4.78 is 0. The van der Waals surface area contributed by atoms with E-state index in [1.807, 2.05) is 0 Å². The molecule has 0 spiro atoms. The van der Waals surface area contributed by atoms with Crippen LogP contribution in [0.25, 0.3) is 0 Å². The first-order valence-electron chi connectivity index (χ1n) is 8.36. The summed E-state index contributed by atoms with van der Waals surface area (Å²) in [5.74, 6) is -1.38. The number of hydrogen-bond acceptors (Lipinski definition) is 3. The van der Waals surface area contributed by atoms with Crippen LogP contribution in [0, 0.1) is 5.41 Å². The molecule has 0 aliphatic carbocycles.